The van der Waals surface area contributed by atoms with E-state index in [2.05, 4.69) is 14.7 Å². The van der Waals surface area contributed by atoms with Crippen LogP contribution in [0.25, 0.3) is 0 Å². The second kappa shape index (κ2) is 4.08. The summed E-state index contributed by atoms with van der Waals surface area (Å²) in [5, 5.41) is 0. The quantitative estimate of drug-likeness (QED) is 0.772. The molecule has 0 radical (unpaired) electrons. The van der Waals surface area contributed by atoms with Crippen LogP contribution in [0, 0.1) is 0 Å². The maximum absolute atomic E-state index is 12.1. The summed E-state index contributed by atoms with van der Waals surface area (Å²) in [5.41, 5.74) is 1.60. The first kappa shape index (κ1) is 10.3. The average Bonchev–Trinajstić information content (AvgIpc) is 2.99. The molecule has 1 aliphatic rings. The first-order valence-electron chi connectivity index (χ1n) is 5.01. The Hall–Kier alpha value is -1.26. The van der Waals surface area contributed by atoms with Crippen molar-refractivity contribution in [3.05, 3.63) is 17.6 Å². The van der Waals surface area contributed by atoms with E-state index in [4.69, 9.17) is 0 Å². The lowest BCUT2D eigenvalue weighted by atomic mass is 10.1. The fraction of sp³-hybridized carbons (Fsp3) is 0.600. The molecule has 15 heavy (non-hydrogen) atoms. The van der Waals surface area contributed by atoms with Gasteiger partial charge in [0.25, 0.3) is 0 Å². The van der Waals surface area contributed by atoms with Gasteiger partial charge in [0, 0.05) is 11.5 Å². The molecule has 1 aromatic heterocycles. The SMILES string of the molecule is CCc1c(OC(F)F)ncnc1C1CC1. The molecule has 1 saturated carbocycles. The van der Waals surface area contributed by atoms with E-state index >= 15 is 0 Å². The molecule has 2 rings (SSSR count). The van der Waals surface area contributed by atoms with Crippen LogP contribution in [-0.2, 0) is 6.42 Å². The van der Waals surface area contributed by atoms with Crippen molar-refractivity contribution in [3.8, 4) is 5.88 Å². The third kappa shape index (κ3) is 2.22. The highest BCUT2D eigenvalue weighted by molar-refractivity contribution is 5.34. The number of hydrogen-bond donors (Lipinski definition) is 0. The van der Waals surface area contributed by atoms with Gasteiger partial charge in [0.2, 0.25) is 5.88 Å². The Labute approximate surface area is 86.5 Å². The normalized spacial score (nSPS) is 15.7. The number of hydrogen-bond acceptors (Lipinski definition) is 3. The lowest BCUT2D eigenvalue weighted by Gasteiger charge is -2.10. The molecule has 5 heteroatoms. The van der Waals surface area contributed by atoms with Gasteiger partial charge in [-0.15, -0.1) is 0 Å². The predicted molar refractivity (Wildman–Crippen MR) is 50.0 cm³/mol. The molecule has 0 saturated heterocycles. The maximum atomic E-state index is 12.1. The van der Waals surface area contributed by atoms with E-state index in [0.717, 1.165) is 24.1 Å². The smallest absolute Gasteiger partial charge is 0.388 e. The molecular weight excluding hydrogens is 202 g/mol. The molecule has 0 aliphatic heterocycles. The molecule has 1 aliphatic carbocycles. The van der Waals surface area contributed by atoms with Crippen LogP contribution in [0.5, 0.6) is 5.88 Å². The largest absolute Gasteiger partial charge is 0.417 e. The maximum Gasteiger partial charge on any atom is 0.388 e. The van der Waals surface area contributed by atoms with Gasteiger partial charge in [-0.2, -0.15) is 8.78 Å². The molecule has 0 bridgehead atoms. The summed E-state index contributed by atoms with van der Waals surface area (Å²) in [7, 11) is 0. The number of rotatable bonds is 4. The van der Waals surface area contributed by atoms with Crippen LogP contribution in [0.4, 0.5) is 8.78 Å². The second-order valence-electron chi connectivity index (χ2n) is 3.55. The van der Waals surface area contributed by atoms with Crippen LogP contribution in [0.1, 0.15) is 36.9 Å². The highest BCUT2D eigenvalue weighted by Gasteiger charge is 2.29. The summed E-state index contributed by atoms with van der Waals surface area (Å²) in [6.07, 6.45) is 4.08. The summed E-state index contributed by atoms with van der Waals surface area (Å²) in [6.45, 7) is -0.930. The summed E-state index contributed by atoms with van der Waals surface area (Å²) < 4.78 is 28.6. The van der Waals surface area contributed by atoms with Gasteiger partial charge in [0.05, 0.1) is 5.69 Å². The highest BCUT2D eigenvalue weighted by Crippen LogP contribution is 2.42. The number of halogens is 2. The van der Waals surface area contributed by atoms with E-state index in [1.165, 1.54) is 6.33 Å². The molecule has 82 valence electrons. The Balaban J connectivity index is 2.31. The van der Waals surface area contributed by atoms with Crippen LogP contribution in [0.15, 0.2) is 6.33 Å². The molecule has 1 aromatic rings. The van der Waals surface area contributed by atoms with Gasteiger partial charge < -0.3 is 4.74 Å². The van der Waals surface area contributed by atoms with Crippen molar-refractivity contribution in [2.45, 2.75) is 38.7 Å². The zero-order valence-corrected chi connectivity index (χ0v) is 8.41. The lowest BCUT2D eigenvalue weighted by molar-refractivity contribution is -0.0536. The summed E-state index contributed by atoms with van der Waals surface area (Å²) >= 11 is 0. The van der Waals surface area contributed by atoms with Crippen LogP contribution in [-0.4, -0.2) is 16.6 Å². The van der Waals surface area contributed by atoms with Crippen LogP contribution in [0.2, 0.25) is 0 Å². The Kier molecular flexibility index (Phi) is 2.79. The van der Waals surface area contributed by atoms with Gasteiger partial charge in [-0.25, -0.2) is 9.97 Å². The monoisotopic (exact) mass is 214 g/mol. The van der Waals surface area contributed by atoms with Crippen molar-refractivity contribution >= 4 is 0 Å². The molecule has 3 nitrogen and oxygen atoms in total. The molecule has 1 heterocycles. The molecule has 0 spiro atoms. The van der Waals surface area contributed by atoms with Gasteiger partial charge in [0.15, 0.2) is 0 Å². The van der Waals surface area contributed by atoms with Crippen molar-refractivity contribution in [2.75, 3.05) is 0 Å². The third-order valence-electron chi connectivity index (χ3n) is 2.46. The Morgan fingerprint density at radius 1 is 1.47 bits per heavy atom. The van der Waals surface area contributed by atoms with Gasteiger partial charge in [0.1, 0.15) is 6.33 Å². The van der Waals surface area contributed by atoms with Gasteiger partial charge in [-0.1, -0.05) is 6.92 Å². The third-order valence-corrected chi connectivity index (χ3v) is 2.46. The number of aromatic nitrogens is 2. The van der Waals surface area contributed by atoms with Crippen molar-refractivity contribution in [3.63, 3.8) is 0 Å². The Morgan fingerprint density at radius 3 is 2.73 bits per heavy atom. The van der Waals surface area contributed by atoms with Crippen molar-refractivity contribution in [1.29, 1.82) is 0 Å². The Morgan fingerprint density at radius 2 is 2.20 bits per heavy atom. The first-order chi connectivity index (χ1) is 7.22. The zero-order chi connectivity index (χ0) is 10.8. The first-order valence-corrected chi connectivity index (χ1v) is 5.01. The van der Waals surface area contributed by atoms with Gasteiger partial charge >= 0.3 is 6.61 Å². The van der Waals surface area contributed by atoms with Crippen molar-refractivity contribution in [1.82, 2.24) is 9.97 Å². The van der Waals surface area contributed by atoms with Crippen LogP contribution >= 0.6 is 0 Å². The zero-order valence-electron chi connectivity index (χ0n) is 8.41. The van der Waals surface area contributed by atoms with Crippen LogP contribution in [0.3, 0.4) is 0 Å². The number of alkyl halides is 2. The predicted octanol–water partition coefficient (Wildman–Crippen LogP) is 2.52. The van der Waals surface area contributed by atoms with Crippen molar-refractivity contribution in [2.24, 2.45) is 0 Å². The van der Waals surface area contributed by atoms with Crippen LogP contribution < -0.4 is 4.74 Å². The molecular formula is C10H12F2N2O. The number of ether oxygens (including phenoxy) is 1. The molecule has 0 unspecified atom stereocenters. The highest BCUT2D eigenvalue weighted by atomic mass is 19.3. The van der Waals surface area contributed by atoms with E-state index in [0.29, 0.717) is 12.3 Å². The van der Waals surface area contributed by atoms with Gasteiger partial charge in [-0.3, -0.25) is 0 Å². The summed E-state index contributed by atoms with van der Waals surface area (Å²) in [6, 6.07) is 0. The van der Waals surface area contributed by atoms with E-state index < -0.39 is 6.61 Å². The minimum absolute atomic E-state index is 0.0319. The standard InChI is InChI=1S/C10H12F2N2O/c1-2-7-8(6-3-4-6)13-5-14-9(7)15-10(11)12/h5-6,10H,2-4H2,1H3. The van der Waals surface area contributed by atoms with E-state index in [1.54, 1.807) is 0 Å². The molecule has 0 aromatic carbocycles. The average molecular weight is 214 g/mol. The minimum atomic E-state index is -2.82. The van der Waals surface area contributed by atoms with Gasteiger partial charge in [-0.05, 0) is 19.3 Å². The molecule has 1 fully saturated rings. The lowest BCUT2D eigenvalue weighted by Crippen LogP contribution is -2.08. The van der Waals surface area contributed by atoms with Crippen molar-refractivity contribution < 1.29 is 13.5 Å². The molecule has 0 N–H and O–H groups in total. The Bertz CT molecular complexity index is 353. The fourth-order valence-electron chi connectivity index (χ4n) is 1.64. The summed E-state index contributed by atoms with van der Waals surface area (Å²) in [4.78, 5) is 7.89. The topological polar surface area (TPSA) is 35.0 Å². The van der Waals surface area contributed by atoms with E-state index in [-0.39, 0.29) is 5.88 Å². The van der Waals surface area contributed by atoms with E-state index in [1.807, 2.05) is 6.92 Å². The number of nitrogens with zero attached hydrogens (tertiary/aromatic N) is 2. The fourth-order valence-corrected chi connectivity index (χ4v) is 1.64. The summed E-state index contributed by atoms with van der Waals surface area (Å²) in [5.74, 6) is 0.451. The second-order valence-corrected chi connectivity index (χ2v) is 3.55. The van der Waals surface area contributed by atoms with E-state index in [9.17, 15) is 8.78 Å². The molecule has 0 amide bonds. The molecule has 0 atom stereocenters. The minimum Gasteiger partial charge on any atom is -0.417 e.